The van der Waals surface area contributed by atoms with Crippen molar-refractivity contribution in [1.82, 2.24) is 14.7 Å². The summed E-state index contributed by atoms with van der Waals surface area (Å²) in [6.45, 7) is 5.62. The normalized spacial score (nSPS) is 20.7. The highest BCUT2D eigenvalue weighted by Crippen LogP contribution is 2.38. The molecule has 3 aliphatic heterocycles. The molecule has 212 valence electrons. The molecule has 1 unspecified atom stereocenters. The van der Waals surface area contributed by atoms with Crippen LogP contribution in [0.5, 0.6) is 0 Å². The van der Waals surface area contributed by atoms with Crippen LogP contribution >= 0.6 is 11.6 Å². The molecule has 2 saturated heterocycles. The molecule has 7 nitrogen and oxygen atoms in total. The average molecular weight is 571 g/mol. The predicted octanol–water partition coefficient (Wildman–Crippen LogP) is 4.98. The van der Waals surface area contributed by atoms with Crippen molar-refractivity contribution in [2.45, 2.75) is 37.8 Å². The number of nitrogens with zero attached hydrogens (tertiary/aromatic N) is 3. The lowest BCUT2D eigenvalue weighted by Crippen LogP contribution is -2.54. The lowest BCUT2D eigenvalue weighted by atomic mass is 9.93. The van der Waals surface area contributed by atoms with Gasteiger partial charge in [0, 0.05) is 51.0 Å². The van der Waals surface area contributed by atoms with Crippen LogP contribution in [-0.4, -0.2) is 77.6 Å². The molecule has 3 heterocycles. The van der Waals surface area contributed by atoms with Gasteiger partial charge in [-0.1, -0.05) is 72.3 Å². The Kier molecular flexibility index (Phi) is 7.82. The number of carbonyl (C=O) groups is 3. The van der Waals surface area contributed by atoms with Gasteiger partial charge in [0.05, 0.1) is 22.5 Å². The molecule has 2 atom stereocenters. The third-order valence-electron chi connectivity index (χ3n) is 8.68. The monoisotopic (exact) mass is 570 g/mol. The van der Waals surface area contributed by atoms with E-state index in [1.807, 2.05) is 17.0 Å². The molecule has 3 aromatic carbocycles. The number of amides is 2. The van der Waals surface area contributed by atoms with Gasteiger partial charge >= 0.3 is 0 Å². The average Bonchev–Trinajstić information content (AvgIpc) is 3.68. The first-order valence-electron chi connectivity index (χ1n) is 14.5. The number of hydrogen-bond donors (Lipinski definition) is 1. The molecule has 3 aromatic rings. The quantitative estimate of drug-likeness (QED) is 0.423. The van der Waals surface area contributed by atoms with Gasteiger partial charge < -0.3 is 15.1 Å². The predicted molar refractivity (Wildman–Crippen MR) is 160 cm³/mol. The fourth-order valence-corrected chi connectivity index (χ4v) is 6.78. The van der Waals surface area contributed by atoms with Crippen LogP contribution in [0.15, 0.2) is 72.8 Å². The third kappa shape index (κ3) is 5.36. The Hall–Kier alpha value is -3.68. The molecular formula is C33H35ClN4O3. The van der Waals surface area contributed by atoms with E-state index in [-0.39, 0.29) is 18.0 Å². The topological polar surface area (TPSA) is 73.0 Å². The molecule has 0 bridgehead atoms. The molecule has 2 amide bonds. The second-order valence-corrected chi connectivity index (χ2v) is 11.7. The van der Waals surface area contributed by atoms with Crippen molar-refractivity contribution in [2.24, 2.45) is 0 Å². The first-order valence-corrected chi connectivity index (χ1v) is 14.9. The number of fused-ring (bicyclic) bond motifs is 1. The van der Waals surface area contributed by atoms with Gasteiger partial charge in [-0.3, -0.25) is 19.3 Å². The summed E-state index contributed by atoms with van der Waals surface area (Å²) in [5.74, 6) is -1.62. The van der Waals surface area contributed by atoms with E-state index in [1.165, 1.54) is 11.1 Å². The number of rotatable bonds is 6. The summed E-state index contributed by atoms with van der Waals surface area (Å²) in [6.07, 6.45) is 1.85. The number of hydrogen-bond acceptors (Lipinski definition) is 5. The fraction of sp³-hybridized carbons (Fsp3) is 0.364. The number of anilines is 1. The Morgan fingerprint density at radius 2 is 1.51 bits per heavy atom. The van der Waals surface area contributed by atoms with Crippen molar-refractivity contribution in [1.29, 1.82) is 0 Å². The zero-order valence-corrected chi connectivity index (χ0v) is 24.0. The van der Waals surface area contributed by atoms with Gasteiger partial charge in [-0.25, -0.2) is 0 Å². The number of piperazine rings is 1. The number of likely N-dealkylation sites (tertiary alicyclic amines) is 1. The summed E-state index contributed by atoms with van der Waals surface area (Å²) in [6, 6.07) is 24.4. The molecule has 0 spiro atoms. The van der Waals surface area contributed by atoms with Crippen LogP contribution in [0.4, 0.5) is 5.69 Å². The van der Waals surface area contributed by atoms with E-state index in [4.69, 9.17) is 11.6 Å². The molecule has 3 aliphatic rings. The highest BCUT2D eigenvalue weighted by Gasteiger charge is 2.38. The molecule has 41 heavy (non-hydrogen) atoms. The maximum absolute atomic E-state index is 13.9. The van der Waals surface area contributed by atoms with Crippen LogP contribution in [-0.2, 0) is 9.59 Å². The van der Waals surface area contributed by atoms with Crippen LogP contribution in [0.2, 0.25) is 5.02 Å². The number of carbonyl (C=O) groups excluding carboxylic acids is 3. The maximum atomic E-state index is 13.9. The SMILES string of the molecule is C[C@@H]1CN(C(c2ccccc2)c2ccccc2)CCN1C(=O)c1cc2c(cc1Cl)NCC2C(=O)C(=O)N1CCCC1. The van der Waals surface area contributed by atoms with E-state index in [0.717, 1.165) is 12.8 Å². The van der Waals surface area contributed by atoms with Gasteiger partial charge in [-0.2, -0.15) is 0 Å². The minimum atomic E-state index is -0.617. The standard InChI is InChI=1S/C33H35ClN4O3/c1-22-21-37(30(23-10-4-2-5-11-23)24-12-6-3-7-13-24)16-17-38(22)32(40)26-18-25-27(20-35-29(25)19-28(26)34)31(39)33(41)36-14-8-9-15-36/h2-7,10-13,18-19,22,27,30,35H,8-9,14-17,20-21H2,1H3/t22-,27?/m1/s1. The van der Waals surface area contributed by atoms with Crippen LogP contribution in [0.1, 0.15) is 58.8 Å². The van der Waals surface area contributed by atoms with E-state index < -0.39 is 17.6 Å². The molecule has 8 heteroatoms. The van der Waals surface area contributed by atoms with Crippen molar-refractivity contribution in [3.63, 3.8) is 0 Å². The Labute approximate surface area is 246 Å². The zero-order valence-electron chi connectivity index (χ0n) is 23.3. The lowest BCUT2D eigenvalue weighted by molar-refractivity contribution is -0.144. The number of Topliss-reactive ketones (excluding diaryl/α,β-unsaturated/α-hetero) is 1. The van der Waals surface area contributed by atoms with Crippen LogP contribution in [0, 0.1) is 0 Å². The largest absolute Gasteiger partial charge is 0.384 e. The number of nitrogens with one attached hydrogen (secondary N) is 1. The Bertz CT molecular complexity index is 1400. The minimum Gasteiger partial charge on any atom is -0.384 e. The van der Waals surface area contributed by atoms with Gasteiger partial charge in [0.15, 0.2) is 0 Å². The molecule has 2 fully saturated rings. The number of halogens is 1. The fourth-order valence-electron chi connectivity index (χ4n) is 6.54. The van der Waals surface area contributed by atoms with E-state index in [1.54, 1.807) is 17.0 Å². The summed E-state index contributed by atoms with van der Waals surface area (Å²) in [7, 11) is 0. The summed E-state index contributed by atoms with van der Waals surface area (Å²) in [5, 5.41) is 3.56. The van der Waals surface area contributed by atoms with E-state index >= 15 is 0 Å². The van der Waals surface area contributed by atoms with Crippen molar-refractivity contribution < 1.29 is 14.4 Å². The van der Waals surface area contributed by atoms with Gasteiger partial charge in [0.25, 0.3) is 11.8 Å². The number of ketones is 1. The van der Waals surface area contributed by atoms with Crippen molar-refractivity contribution in [3.05, 3.63) is 100 Å². The summed E-state index contributed by atoms with van der Waals surface area (Å²) in [4.78, 5) is 45.9. The van der Waals surface area contributed by atoms with E-state index in [0.29, 0.717) is 61.1 Å². The van der Waals surface area contributed by atoms with Crippen LogP contribution in [0.25, 0.3) is 0 Å². The van der Waals surface area contributed by atoms with Crippen molar-refractivity contribution >= 4 is 34.9 Å². The Morgan fingerprint density at radius 3 is 2.12 bits per heavy atom. The molecule has 6 rings (SSSR count). The van der Waals surface area contributed by atoms with Gasteiger partial charge in [-0.15, -0.1) is 0 Å². The summed E-state index contributed by atoms with van der Waals surface area (Å²) in [5.41, 5.74) is 4.21. The summed E-state index contributed by atoms with van der Waals surface area (Å²) >= 11 is 6.64. The van der Waals surface area contributed by atoms with Gasteiger partial charge in [-0.05, 0) is 48.6 Å². The van der Waals surface area contributed by atoms with Crippen LogP contribution in [0.3, 0.4) is 0 Å². The van der Waals surface area contributed by atoms with E-state index in [2.05, 4.69) is 65.7 Å². The molecule has 0 aliphatic carbocycles. The lowest BCUT2D eigenvalue weighted by Gasteiger charge is -2.43. The second kappa shape index (κ2) is 11.7. The minimum absolute atomic E-state index is 0.0530. The highest BCUT2D eigenvalue weighted by atomic mass is 35.5. The molecule has 0 aromatic heterocycles. The Morgan fingerprint density at radius 1 is 0.878 bits per heavy atom. The maximum Gasteiger partial charge on any atom is 0.290 e. The van der Waals surface area contributed by atoms with Crippen LogP contribution < -0.4 is 5.32 Å². The van der Waals surface area contributed by atoms with Crippen molar-refractivity contribution in [3.8, 4) is 0 Å². The third-order valence-corrected chi connectivity index (χ3v) is 8.99. The summed E-state index contributed by atoms with van der Waals surface area (Å²) < 4.78 is 0. The van der Waals surface area contributed by atoms with Gasteiger partial charge in [0.1, 0.15) is 0 Å². The highest BCUT2D eigenvalue weighted by molar-refractivity contribution is 6.39. The first kappa shape index (κ1) is 27.5. The van der Waals surface area contributed by atoms with Crippen molar-refractivity contribution in [2.75, 3.05) is 44.6 Å². The zero-order chi connectivity index (χ0) is 28.5. The second-order valence-electron chi connectivity index (χ2n) is 11.3. The molecule has 1 N–H and O–H groups in total. The number of benzene rings is 3. The Balaban J connectivity index is 1.21. The molecular weight excluding hydrogens is 536 g/mol. The smallest absolute Gasteiger partial charge is 0.290 e. The molecule has 0 saturated carbocycles. The van der Waals surface area contributed by atoms with Gasteiger partial charge in [0.2, 0.25) is 5.78 Å². The van der Waals surface area contributed by atoms with E-state index in [9.17, 15) is 14.4 Å². The first-order chi connectivity index (χ1) is 19.9. The molecule has 0 radical (unpaired) electrons.